The maximum atomic E-state index is 12.9. The van der Waals surface area contributed by atoms with Gasteiger partial charge in [0.1, 0.15) is 0 Å². The van der Waals surface area contributed by atoms with E-state index in [1.807, 2.05) is 49.9 Å². The number of ether oxygens (including phenoxy) is 2. The van der Waals surface area contributed by atoms with Crippen molar-refractivity contribution in [1.82, 2.24) is 4.90 Å². The lowest BCUT2D eigenvalue weighted by atomic mass is 10.0. The van der Waals surface area contributed by atoms with Gasteiger partial charge in [-0.2, -0.15) is 0 Å². The van der Waals surface area contributed by atoms with Gasteiger partial charge in [0.2, 0.25) is 0 Å². The van der Waals surface area contributed by atoms with Gasteiger partial charge in [-0.25, -0.2) is 0 Å². The summed E-state index contributed by atoms with van der Waals surface area (Å²) in [6.45, 7) is 6.33. The number of benzene rings is 1. The first-order valence-corrected chi connectivity index (χ1v) is 8.17. The molecule has 0 N–H and O–H groups in total. The number of rotatable bonds is 2. The van der Waals surface area contributed by atoms with Crippen LogP contribution in [0.3, 0.4) is 0 Å². The molecule has 1 amide bonds. The molecule has 1 aromatic carbocycles. The summed E-state index contributed by atoms with van der Waals surface area (Å²) in [5, 5.41) is 0.701. The molecular weight excluding hydrogens is 302 g/mol. The molecule has 0 radical (unpaired) electrons. The molecule has 0 aromatic heterocycles. The number of nitrogens with zero attached hydrogens (tertiary/aromatic N) is 1. The van der Waals surface area contributed by atoms with Crippen LogP contribution in [-0.2, 0) is 14.3 Å². The molecule has 1 unspecified atom stereocenters. The van der Waals surface area contributed by atoms with Gasteiger partial charge in [-0.3, -0.25) is 4.79 Å². The zero-order valence-electron chi connectivity index (χ0n) is 13.2. The van der Waals surface area contributed by atoms with Crippen LogP contribution in [-0.4, -0.2) is 35.3 Å². The van der Waals surface area contributed by atoms with Gasteiger partial charge < -0.3 is 14.4 Å². The molecule has 2 aliphatic heterocycles. The van der Waals surface area contributed by atoms with E-state index in [1.165, 1.54) is 0 Å². The van der Waals surface area contributed by atoms with Crippen LogP contribution in [0, 0.1) is 0 Å². The summed E-state index contributed by atoms with van der Waals surface area (Å²) >= 11 is 6.09. The number of carbonyl (C=O) groups is 1. The lowest BCUT2D eigenvalue weighted by Crippen LogP contribution is -2.42. The Labute approximate surface area is 136 Å². The third-order valence-corrected chi connectivity index (χ3v) is 4.55. The highest BCUT2D eigenvalue weighted by molar-refractivity contribution is 6.30. The second-order valence-corrected chi connectivity index (χ2v) is 6.94. The van der Waals surface area contributed by atoms with Crippen molar-refractivity contribution in [2.45, 2.75) is 57.6 Å². The van der Waals surface area contributed by atoms with Crippen molar-refractivity contribution in [2.75, 3.05) is 6.54 Å². The first-order valence-electron chi connectivity index (χ1n) is 7.79. The molecule has 22 heavy (non-hydrogen) atoms. The van der Waals surface area contributed by atoms with Crippen LogP contribution in [0.4, 0.5) is 0 Å². The van der Waals surface area contributed by atoms with E-state index in [-0.39, 0.29) is 18.1 Å². The van der Waals surface area contributed by atoms with Gasteiger partial charge in [-0.05, 0) is 51.3 Å². The number of likely N-dealkylation sites (tertiary alicyclic amines) is 1. The van der Waals surface area contributed by atoms with Gasteiger partial charge >= 0.3 is 0 Å². The topological polar surface area (TPSA) is 38.8 Å². The standard InChI is InChI=1S/C17H22ClNO3/c1-11-15(22-17(2,3)21-11)16(20)19-9-5-8-14(19)12-6-4-7-13(18)10-12/h4,6-7,10-11,14-15H,5,8-9H2,1-3H3/t11-,14?,15+/m0/s1. The van der Waals surface area contributed by atoms with Gasteiger partial charge in [0.15, 0.2) is 11.9 Å². The molecule has 4 nitrogen and oxygen atoms in total. The molecule has 0 bridgehead atoms. The highest BCUT2D eigenvalue weighted by atomic mass is 35.5. The summed E-state index contributed by atoms with van der Waals surface area (Å²) in [7, 11) is 0. The van der Waals surface area contributed by atoms with Crippen LogP contribution in [0.5, 0.6) is 0 Å². The van der Waals surface area contributed by atoms with Crippen molar-refractivity contribution in [2.24, 2.45) is 0 Å². The predicted molar refractivity (Wildman–Crippen MR) is 84.6 cm³/mol. The quantitative estimate of drug-likeness (QED) is 0.835. The van der Waals surface area contributed by atoms with Crippen molar-refractivity contribution >= 4 is 17.5 Å². The number of hydrogen-bond donors (Lipinski definition) is 0. The zero-order valence-corrected chi connectivity index (χ0v) is 14.0. The van der Waals surface area contributed by atoms with E-state index in [4.69, 9.17) is 21.1 Å². The number of carbonyl (C=O) groups excluding carboxylic acids is 1. The summed E-state index contributed by atoms with van der Waals surface area (Å²) in [6, 6.07) is 7.83. The van der Waals surface area contributed by atoms with Gasteiger partial charge in [0.25, 0.3) is 5.91 Å². The molecule has 1 aromatic rings. The van der Waals surface area contributed by atoms with Crippen LogP contribution < -0.4 is 0 Å². The molecule has 2 saturated heterocycles. The second-order valence-electron chi connectivity index (χ2n) is 6.51. The smallest absolute Gasteiger partial charge is 0.255 e. The van der Waals surface area contributed by atoms with Crippen LogP contribution in [0.1, 0.15) is 45.2 Å². The van der Waals surface area contributed by atoms with Gasteiger partial charge in [-0.1, -0.05) is 23.7 Å². The highest BCUT2D eigenvalue weighted by Gasteiger charge is 2.46. The highest BCUT2D eigenvalue weighted by Crippen LogP contribution is 2.36. The Balaban J connectivity index is 1.80. The van der Waals surface area contributed by atoms with Crippen LogP contribution >= 0.6 is 11.6 Å². The molecule has 0 saturated carbocycles. The summed E-state index contributed by atoms with van der Waals surface area (Å²) < 4.78 is 11.5. The third-order valence-electron chi connectivity index (χ3n) is 4.32. The zero-order chi connectivity index (χ0) is 15.9. The monoisotopic (exact) mass is 323 g/mol. The minimum absolute atomic E-state index is 0.0144. The van der Waals surface area contributed by atoms with E-state index in [9.17, 15) is 4.79 Å². The Morgan fingerprint density at radius 1 is 1.36 bits per heavy atom. The Kier molecular flexibility index (Phi) is 4.19. The van der Waals surface area contributed by atoms with Crippen molar-refractivity contribution in [3.8, 4) is 0 Å². The molecule has 2 fully saturated rings. The average Bonchev–Trinajstić information content (AvgIpc) is 3.02. The fourth-order valence-electron chi connectivity index (χ4n) is 3.44. The fourth-order valence-corrected chi connectivity index (χ4v) is 3.64. The van der Waals surface area contributed by atoms with Crippen molar-refractivity contribution in [1.29, 1.82) is 0 Å². The first kappa shape index (κ1) is 15.8. The van der Waals surface area contributed by atoms with Crippen molar-refractivity contribution in [3.05, 3.63) is 34.9 Å². The molecular formula is C17H22ClNO3. The maximum Gasteiger partial charge on any atom is 0.255 e. The lowest BCUT2D eigenvalue weighted by molar-refractivity contribution is -0.162. The molecule has 0 spiro atoms. The Bertz CT molecular complexity index is 575. The van der Waals surface area contributed by atoms with E-state index in [1.54, 1.807) is 0 Å². The Morgan fingerprint density at radius 3 is 2.77 bits per heavy atom. The van der Waals surface area contributed by atoms with E-state index >= 15 is 0 Å². The van der Waals surface area contributed by atoms with Gasteiger partial charge in [-0.15, -0.1) is 0 Å². The lowest BCUT2D eigenvalue weighted by Gasteiger charge is -2.28. The minimum atomic E-state index is -0.703. The average molecular weight is 324 g/mol. The summed E-state index contributed by atoms with van der Waals surface area (Å²) in [5.41, 5.74) is 1.09. The molecule has 2 aliphatic rings. The van der Waals surface area contributed by atoms with Crippen LogP contribution in [0.2, 0.25) is 5.02 Å². The summed E-state index contributed by atoms with van der Waals surface area (Å²) in [6.07, 6.45) is 1.18. The van der Waals surface area contributed by atoms with Crippen LogP contribution in [0.15, 0.2) is 24.3 Å². The summed E-state index contributed by atoms with van der Waals surface area (Å²) in [4.78, 5) is 14.8. The van der Waals surface area contributed by atoms with Gasteiger partial charge in [0.05, 0.1) is 12.1 Å². The van der Waals surface area contributed by atoms with E-state index in [0.717, 1.165) is 24.9 Å². The van der Waals surface area contributed by atoms with E-state index in [2.05, 4.69) is 0 Å². The molecule has 3 rings (SSSR count). The molecule has 2 heterocycles. The number of amides is 1. The molecule has 5 heteroatoms. The first-order chi connectivity index (χ1) is 10.4. The fraction of sp³-hybridized carbons (Fsp3) is 0.588. The van der Waals surface area contributed by atoms with Gasteiger partial charge in [0, 0.05) is 11.6 Å². The minimum Gasteiger partial charge on any atom is -0.344 e. The molecule has 120 valence electrons. The molecule has 3 atom stereocenters. The third kappa shape index (κ3) is 3.00. The van der Waals surface area contributed by atoms with Crippen molar-refractivity contribution in [3.63, 3.8) is 0 Å². The normalized spacial score (nSPS) is 30.7. The molecule has 0 aliphatic carbocycles. The number of halogens is 1. The predicted octanol–water partition coefficient (Wildman–Crippen LogP) is 3.54. The van der Waals surface area contributed by atoms with E-state index in [0.29, 0.717) is 5.02 Å². The maximum absolute atomic E-state index is 12.9. The number of hydrogen-bond acceptors (Lipinski definition) is 3. The Hall–Kier alpha value is -1.10. The Morgan fingerprint density at radius 2 is 2.14 bits per heavy atom. The van der Waals surface area contributed by atoms with Crippen molar-refractivity contribution < 1.29 is 14.3 Å². The van der Waals surface area contributed by atoms with E-state index < -0.39 is 11.9 Å². The second kappa shape index (κ2) is 5.84. The SMILES string of the molecule is C[C@@H]1OC(C)(C)O[C@H]1C(=O)N1CCCC1c1cccc(Cl)c1. The van der Waals surface area contributed by atoms with Crippen LogP contribution in [0.25, 0.3) is 0 Å². The largest absolute Gasteiger partial charge is 0.344 e. The summed E-state index contributed by atoms with van der Waals surface area (Å²) in [5.74, 6) is -0.689.